The summed E-state index contributed by atoms with van der Waals surface area (Å²) in [6, 6.07) is 13.8. The molecule has 31 heavy (non-hydrogen) atoms. The van der Waals surface area contributed by atoms with Crippen molar-refractivity contribution in [2.75, 3.05) is 0 Å². The third kappa shape index (κ3) is 4.44. The summed E-state index contributed by atoms with van der Waals surface area (Å²) in [6.45, 7) is 0. The van der Waals surface area contributed by atoms with Crippen LogP contribution in [-0.2, 0) is 4.79 Å². The van der Waals surface area contributed by atoms with Crippen LogP contribution in [-0.4, -0.2) is 21.3 Å². The number of nitrogens with one attached hydrogen (secondary N) is 1. The summed E-state index contributed by atoms with van der Waals surface area (Å²) in [6.07, 6.45) is 6.64. The zero-order chi connectivity index (χ0) is 21.8. The van der Waals surface area contributed by atoms with Crippen LogP contribution in [0.15, 0.2) is 59.0 Å². The van der Waals surface area contributed by atoms with Gasteiger partial charge in [-0.1, -0.05) is 42.6 Å². The van der Waals surface area contributed by atoms with Crippen LogP contribution in [0.25, 0.3) is 11.7 Å². The largest absolute Gasteiger partial charge is 0.437 e. The highest BCUT2D eigenvalue weighted by atomic mass is 35.5. The number of nitriles is 1. The Morgan fingerprint density at radius 2 is 1.97 bits per heavy atom. The monoisotopic (exact) mass is 434 g/mol. The summed E-state index contributed by atoms with van der Waals surface area (Å²) in [5.41, 5.74) is -0.304. The maximum Gasteiger partial charge on any atom is 0.269 e. The fourth-order valence-corrected chi connectivity index (χ4v) is 3.72. The molecule has 1 aromatic carbocycles. The molecule has 0 unspecified atom stereocenters. The van der Waals surface area contributed by atoms with Crippen molar-refractivity contribution >= 4 is 29.2 Å². The van der Waals surface area contributed by atoms with E-state index in [4.69, 9.17) is 16.3 Å². The number of amides is 1. The maximum atomic E-state index is 13.2. The molecule has 0 spiro atoms. The number of nitrogens with zero attached hydrogens (tertiary/aromatic N) is 3. The molecule has 3 aromatic rings. The van der Waals surface area contributed by atoms with Gasteiger partial charge in [-0.05, 0) is 43.2 Å². The van der Waals surface area contributed by atoms with E-state index in [-0.39, 0.29) is 23.1 Å². The van der Waals surface area contributed by atoms with Crippen LogP contribution in [0.5, 0.6) is 11.6 Å². The molecule has 1 saturated carbocycles. The smallest absolute Gasteiger partial charge is 0.269 e. The van der Waals surface area contributed by atoms with Crippen LogP contribution in [0.2, 0.25) is 5.02 Å². The molecule has 0 radical (unpaired) electrons. The van der Waals surface area contributed by atoms with Crippen molar-refractivity contribution in [2.45, 2.75) is 31.7 Å². The number of hydrogen-bond acceptors (Lipinski definition) is 5. The van der Waals surface area contributed by atoms with Crippen molar-refractivity contribution in [3.8, 4) is 17.7 Å². The first-order chi connectivity index (χ1) is 15.1. The van der Waals surface area contributed by atoms with E-state index in [1.807, 2.05) is 6.07 Å². The van der Waals surface area contributed by atoms with Crippen molar-refractivity contribution in [3.63, 3.8) is 0 Å². The number of para-hydroxylation sites is 1. The molecule has 1 aliphatic carbocycles. The maximum absolute atomic E-state index is 13.2. The SMILES string of the molecule is N#C/C(=C\c1c(Oc2ccccc2Cl)nc2ccccn2c1=O)C(=O)NC1CCCC1. The molecular weight excluding hydrogens is 416 g/mol. The average Bonchev–Trinajstić information content (AvgIpc) is 3.28. The van der Waals surface area contributed by atoms with Crippen LogP contribution < -0.4 is 15.6 Å². The minimum atomic E-state index is -0.518. The summed E-state index contributed by atoms with van der Waals surface area (Å²) in [4.78, 5) is 30.2. The van der Waals surface area contributed by atoms with Gasteiger partial charge in [-0.25, -0.2) is 0 Å². The number of hydrogen-bond donors (Lipinski definition) is 1. The minimum absolute atomic E-state index is 0.0123. The minimum Gasteiger partial charge on any atom is -0.437 e. The Hall–Kier alpha value is -3.63. The third-order valence-corrected chi connectivity index (χ3v) is 5.43. The molecule has 0 atom stereocenters. The lowest BCUT2D eigenvalue weighted by atomic mass is 10.1. The van der Waals surface area contributed by atoms with Gasteiger partial charge in [0.05, 0.1) is 5.02 Å². The number of carbonyl (C=O) groups is 1. The molecule has 0 saturated heterocycles. The zero-order valence-electron chi connectivity index (χ0n) is 16.5. The quantitative estimate of drug-likeness (QED) is 0.481. The van der Waals surface area contributed by atoms with E-state index < -0.39 is 11.5 Å². The molecule has 1 fully saturated rings. The van der Waals surface area contributed by atoms with E-state index in [0.29, 0.717) is 16.4 Å². The summed E-state index contributed by atoms with van der Waals surface area (Å²) in [7, 11) is 0. The summed E-state index contributed by atoms with van der Waals surface area (Å²) < 4.78 is 7.17. The Bertz CT molecular complexity index is 1270. The topological polar surface area (TPSA) is 96.5 Å². The molecule has 0 aliphatic heterocycles. The lowest BCUT2D eigenvalue weighted by molar-refractivity contribution is -0.117. The second kappa shape index (κ2) is 9.02. The van der Waals surface area contributed by atoms with Crippen LogP contribution in [0.3, 0.4) is 0 Å². The van der Waals surface area contributed by atoms with Gasteiger partial charge in [0.25, 0.3) is 11.5 Å². The normalized spacial score (nSPS) is 14.4. The lowest BCUT2D eigenvalue weighted by Gasteiger charge is -2.12. The predicted octanol–water partition coefficient (Wildman–Crippen LogP) is 4.11. The van der Waals surface area contributed by atoms with Gasteiger partial charge < -0.3 is 10.1 Å². The van der Waals surface area contributed by atoms with Gasteiger partial charge in [0.1, 0.15) is 28.6 Å². The molecule has 0 bridgehead atoms. The Kier molecular flexibility index (Phi) is 6.01. The molecule has 156 valence electrons. The van der Waals surface area contributed by atoms with Crippen molar-refractivity contribution in [2.24, 2.45) is 0 Å². The van der Waals surface area contributed by atoms with E-state index in [0.717, 1.165) is 25.7 Å². The van der Waals surface area contributed by atoms with Gasteiger partial charge in [-0.2, -0.15) is 10.2 Å². The van der Waals surface area contributed by atoms with E-state index in [2.05, 4.69) is 10.3 Å². The Morgan fingerprint density at radius 1 is 1.23 bits per heavy atom. The summed E-state index contributed by atoms with van der Waals surface area (Å²) >= 11 is 6.20. The van der Waals surface area contributed by atoms with Crippen molar-refractivity contribution < 1.29 is 9.53 Å². The molecular formula is C23H19ClN4O3. The van der Waals surface area contributed by atoms with Gasteiger partial charge >= 0.3 is 0 Å². The van der Waals surface area contributed by atoms with Gasteiger partial charge in [0.15, 0.2) is 0 Å². The number of aromatic nitrogens is 2. The highest BCUT2D eigenvalue weighted by Crippen LogP contribution is 2.30. The third-order valence-electron chi connectivity index (χ3n) is 5.12. The molecule has 7 nitrogen and oxygen atoms in total. The zero-order valence-corrected chi connectivity index (χ0v) is 17.3. The average molecular weight is 435 g/mol. The van der Waals surface area contributed by atoms with Gasteiger partial charge in [0, 0.05) is 12.2 Å². The number of ether oxygens (including phenoxy) is 1. The Morgan fingerprint density at radius 3 is 2.71 bits per heavy atom. The van der Waals surface area contributed by atoms with Crippen molar-refractivity contribution in [1.29, 1.82) is 5.26 Å². The van der Waals surface area contributed by atoms with E-state index in [1.54, 1.807) is 48.7 Å². The van der Waals surface area contributed by atoms with Crippen LogP contribution in [0.1, 0.15) is 31.2 Å². The second-order valence-electron chi connectivity index (χ2n) is 7.22. The second-order valence-corrected chi connectivity index (χ2v) is 7.63. The first-order valence-electron chi connectivity index (χ1n) is 9.93. The number of pyridine rings is 1. The summed E-state index contributed by atoms with van der Waals surface area (Å²) in [5, 5.41) is 12.8. The molecule has 2 heterocycles. The Labute approximate surface area is 183 Å². The number of halogens is 1. The summed E-state index contributed by atoms with van der Waals surface area (Å²) in [5.74, 6) is -0.249. The fraction of sp³-hybridized carbons (Fsp3) is 0.217. The standard InChI is InChI=1S/C23H19ClN4O3/c24-18-9-3-4-10-19(18)31-22-17(23(30)28-12-6-5-11-20(28)27-22)13-15(14-25)21(29)26-16-7-1-2-8-16/h3-6,9-13,16H,1-2,7-8H2,(H,26,29)/b15-13+. The Balaban J connectivity index is 1.80. The van der Waals surface area contributed by atoms with Crippen LogP contribution >= 0.6 is 11.6 Å². The molecule has 2 aromatic heterocycles. The van der Waals surface area contributed by atoms with Gasteiger partial charge in [0.2, 0.25) is 5.88 Å². The number of fused-ring (bicyclic) bond motifs is 1. The van der Waals surface area contributed by atoms with Crippen molar-refractivity contribution in [1.82, 2.24) is 14.7 Å². The molecule has 1 N–H and O–H groups in total. The van der Waals surface area contributed by atoms with Gasteiger partial charge in [-0.3, -0.25) is 14.0 Å². The fourth-order valence-electron chi connectivity index (χ4n) is 3.54. The van der Waals surface area contributed by atoms with Crippen LogP contribution in [0.4, 0.5) is 0 Å². The van der Waals surface area contributed by atoms with Gasteiger partial charge in [-0.15, -0.1) is 0 Å². The molecule has 4 rings (SSSR count). The molecule has 1 amide bonds. The molecule has 1 aliphatic rings. The lowest BCUT2D eigenvalue weighted by Crippen LogP contribution is -2.33. The van der Waals surface area contributed by atoms with E-state index >= 15 is 0 Å². The van der Waals surface area contributed by atoms with Crippen molar-refractivity contribution in [3.05, 3.63) is 75.2 Å². The first kappa shape index (κ1) is 20.6. The number of carbonyl (C=O) groups excluding carboxylic acids is 1. The highest BCUT2D eigenvalue weighted by Gasteiger charge is 2.21. The number of benzene rings is 1. The number of rotatable bonds is 5. The predicted molar refractivity (Wildman–Crippen MR) is 117 cm³/mol. The first-order valence-corrected chi connectivity index (χ1v) is 10.3. The highest BCUT2D eigenvalue weighted by molar-refractivity contribution is 6.32. The van der Waals surface area contributed by atoms with Crippen LogP contribution in [0, 0.1) is 11.3 Å². The van der Waals surface area contributed by atoms with E-state index in [1.165, 1.54) is 10.5 Å². The van der Waals surface area contributed by atoms with E-state index in [9.17, 15) is 14.9 Å². The molecule has 8 heteroatoms.